The molecule has 1 aromatic rings. The number of carbonyl (C=O) groups excluding carboxylic acids is 1. The predicted molar refractivity (Wildman–Crippen MR) is 88.9 cm³/mol. The monoisotopic (exact) mass is 332 g/mol. The van der Waals surface area contributed by atoms with Crippen LogP contribution in [-0.4, -0.2) is 11.8 Å². The summed E-state index contributed by atoms with van der Waals surface area (Å²) in [6, 6.07) is 7.14. The number of rotatable bonds is 3. The van der Waals surface area contributed by atoms with Gasteiger partial charge in [0, 0.05) is 5.56 Å². The van der Waals surface area contributed by atoms with Crippen LogP contribution in [0.1, 0.15) is 44.1 Å². The molecule has 23 heavy (non-hydrogen) atoms. The fourth-order valence-electron chi connectivity index (χ4n) is 5.27. The molecule has 4 aliphatic rings. The molecule has 0 saturated heterocycles. The van der Waals surface area contributed by atoms with E-state index in [-0.39, 0.29) is 17.2 Å². The first-order chi connectivity index (χ1) is 11.1. The Morgan fingerprint density at radius 1 is 1.13 bits per heavy atom. The molecule has 2 N–H and O–H groups in total. The molecular formula is C18H21ClN2O2. The molecule has 4 nitrogen and oxygen atoms in total. The summed E-state index contributed by atoms with van der Waals surface area (Å²) in [5.41, 5.74) is 6.19. The van der Waals surface area contributed by atoms with Gasteiger partial charge < -0.3 is 10.6 Å². The first kappa shape index (κ1) is 15.0. The molecule has 1 aromatic carbocycles. The highest BCUT2D eigenvalue weighted by Gasteiger charge is 2.55. The van der Waals surface area contributed by atoms with Crippen LogP contribution in [0.15, 0.2) is 29.4 Å². The summed E-state index contributed by atoms with van der Waals surface area (Å²) < 4.78 is 0. The number of nitrogens with zero attached hydrogens (tertiary/aromatic N) is 1. The van der Waals surface area contributed by atoms with E-state index in [0.29, 0.717) is 28.3 Å². The van der Waals surface area contributed by atoms with Crippen LogP contribution in [0.25, 0.3) is 0 Å². The van der Waals surface area contributed by atoms with Gasteiger partial charge in [0.1, 0.15) is 0 Å². The van der Waals surface area contributed by atoms with E-state index in [1.165, 1.54) is 19.3 Å². The molecule has 5 rings (SSSR count). The van der Waals surface area contributed by atoms with Crippen molar-refractivity contribution in [2.75, 3.05) is 0 Å². The Kier molecular flexibility index (Phi) is 3.60. The highest BCUT2D eigenvalue weighted by Crippen LogP contribution is 2.60. The highest BCUT2D eigenvalue weighted by molar-refractivity contribution is 6.34. The second kappa shape index (κ2) is 5.52. The van der Waals surface area contributed by atoms with Crippen LogP contribution in [0.4, 0.5) is 0 Å². The van der Waals surface area contributed by atoms with Crippen molar-refractivity contribution < 1.29 is 9.63 Å². The third-order valence-electron chi connectivity index (χ3n) is 5.85. The van der Waals surface area contributed by atoms with Crippen molar-refractivity contribution in [1.29, 1.82) is 0 Å². The Labute approximate surface area is 141 Å². The Balaban J connectivity index is 1.50. The topological polar surface area (TPSA) is 64.7 Å². The first-order valence-corrected chi connectivity index (χ1v) is 8.73. The average Bonchev–Trinajstić information content (AvgIpc) is 2.51. The molecular weight excluding hydrogens is 312 g/mol. The first-order valence-electron chi connectivity index (χ1n) is 8.35. The van der Waals surface area contributed by atoms with E-state index in [0.717, 1.165) is 19.3 Å². The summed E-state index contributed by atoms with van der Waals surface area (Å²) in [6.45, 7) is 0. The van der Waals surface area contributed by atoms with Gasteiger partial charge in [-0.25, -0.2) is 4.79 Å². The summed E-state index contributed by atoms with van der Waals surface area (Å²) >= 11 is 6.09. The summed E-state index contributed by atoms with van der Waals surface area (Å²) in [5, 5.41) is 4.37. The smallest absolute Gasteiger partial charge is 0.341 e. The molecule has 0 radical (unpaired) electrons. The fraction of sp³-hybridized carbons (Fsp3) is 0.556. The van der Waals surface area contributed by atoms with Crippen molar-refractivity contribution in [3.63, 3.8) is 0 Å². The standard InChI is InChI=1S/C18H21ClN2O2/c19-15-4-2-1-3-14(15)16(20)21-23-17(22)18-8-11-5-12(9-18)7-13(6-11)10-18/h1-4,11-13H,5-10H2,(H2,20,21). The summed E-state index contributed by atoms with van der Waals surface area (Å²) in [5.74, 6) is 2.02. The Hall–Kier alpha value is -1.55. The Bertz CT molecular complexity index is 635. The number of benzene rings is 1. The second-order valence-electron chi connectivity index (χ2n) is 7.53. The zero-order chi connectivity index (χ0) is 16.0. The van der Waals surface area contributed by atoms with Crippen molar-refractivity contribution in [3.05, 3.63) is 34.9 Å². The zero-order valence-electron chi connectivity index (χ0n) is 13.0. The molecule has 4 aliphatic carbocycles. The van der Waals surface area contributed by atoms with E-state index in [1.54, 1.807) is 12.1 Å². The van der Waals surface area contributed by atoms with E-state index in [4.69, 9.17) is 22.2 Å². The summed E-state index contributed by atoms with van der Waals surface area (Å²) in [7, 11) is 0. The number of carbonyl (C=O) groups is 1. The quantitative estimate of drug-likeness (QED) is 0.397. The Morgan fingerprint density at radius 3 is 2.26 bits per heavy atom. The van der Waals surface area contributed by atoms with Crippen LogP contribution in [0.2, 0.25) is 5.02 Å². The molecule has 0 atom stereocenters. The molecule has 0 unspecified atom stereocenters. The summed E-state index contributed by atoms with van der Waals surface area (Å²) in [6.07, 6.45) is 6.74. The van der Waals surface area contributed by atoms with E-state index in [1.807, 2.05) is 12.1 Å². The van der Waals surface area contributed by atoms with Crippen LogP contribution in [0, 0.1) is 23.2 Å². The van der Waals surface area contributed by atoms with Crippen molar-refractivity contribution >= 4 is 23.4 Å². The van der Waals surface area contributed by atoms with E-state index >= 15 is 0 Å². The van der Waals surface area contributed by atoms with Gasteiger partial charge >= 0.3 is 5.97 Å². The number of halogens is 1. The zero-order valence-corrected chi connectivity index (χ0v) is 13.8. The number of hydrogen-bond donors (Lipinski definition) is 1. The maximum absolute atomic E-state index is 12.7. The van der Waals surface area contributed by atoms with Crippen LogP contribution in [-0.2, 0) is 9.63 Å². The predicted octanol–water partition coefficient (Wildman–Crippen LogP) is 3.72. The minimum Gasteiger partial charge on any atom is -0.380 e. The van der Waals surface area contributed by atoms with E-state index in [9.17, 15) is 4.79 Å². The SMILES string of the molecule is N/C(=N\OC(=O)C12CC3CC(CC(C3)C1)C2)c1ccccc1Cl. The van der Waals surface area contributed by atoms with Crippen LogP contribution >= 0.6 is 11.6 Å². The van der Waals surface area contributed by atoms with Gasteiger partial charge in [-0.1, -0.05) is 28.9 Å². The molecule has 0 amide bonds. The normalized spacial score (nSPS) is 35.3. The molecule has 0 aliphatic heterocycles. The lowest BCUT2D eigenvalue weighted by Crippen LogP contribution is -2.50. The minimum atomic E-state index is -0.320. The van der Waals surface area contributed by atoms with Crippen molar-refractivity contribution in [1.82, 2.24) is 0 Å². The van der Waals surface area contributed by atoms with Gasteiger partial charge in [0.2, 0.25) is 0 Å². The third kappa shape index (κ3) is 2.63. The molecule has 4 saturated carbocycles. The maximum atomic E-state index is 12.7. The largest absolute Gasteiger partial charge is 0.380 e. The third-order valence-corrected chi connectivity index (χ3v) is 6.18. The van der Waals surface area contributed by atoms with Gasteiger partial charge in [-0.3, -0.25) is 0 Å². The molecule has 122 valence electrons. The number of amidine groups is 1. The van der Waals surface area contributed by atoms with E-state index < -0.39 is 0 Å². The molecule has 0 spiro atoms. The lowest BCUT2D eigenvalue weighted by atomic mass is 9.49. The second-order valence-corrected chi connectivity index (χ2v) is 7.94. The Morgan fingerprint density at radius 2 is 1.70 bits per heavy atom. The minimum absolute atomic E-state index is 0.147. The highest BCUT2D eigenvalue weighted by atomic mass is 35.5. The van der Waals surface area contributed by atoms with Gasteiger partial charge in [-0.05, 0) is 68.4 Å². The van der Waals surface area contributed by atoms with Crippen molar-refractivity contribution in [3.8, 4) is 0 Å². The lowest BCUT2D eigenvalue weighted by Gasteiger charge is -2.54. The van der Waals surface area contributed by atoms with Gasteiger partial charge in [-0.2, -0.15) is 0 Å². The maximum Gasteiger partial charge on any atom is 0.341 e. The number of oxime groups is 1. The van der Waals surface area contributed by atoms with Crippen LogP contribution in [0.3, 0.4) is 0 Å². The van der Waals surface area contributed by atoms with Gasteiger partial charge in [0.15, 0.2) is 5.84 Å². The van der Waals surface area contributed by atoms with Crippen molar-refractivity contribution in [2.24, 2.45) is 34.1 Å². The molecule has 4 bridgehead atoms. The average molecular weight is 333 g/mol. The van der Waals surface area contributed by atoms with Gasteiger partial charge in [0.05, 0.1) is 10.4 Å². The van der Waals surface area contributed by atoms with Gasteiger partial charge in [-0.15, -0.1) is 0 Å². The van der Waals surface area contributed by atoms with Gasteiger partial charge in [0.25, 0.3) is 0 Å². The number of hydrogen-bond acceptors (Lipinski definition) is 3. The molecule has 0 aromatic heterocycles. The summed E-state index contributed by atoms with van der Waals surface area (Å²) in [4.78, 5) is 18.0. The van der Waals surface area contributed by atoms with Crippen LogP contribution in [0.5, 0.6) is 0 Å². The molecule has 4 fully saturated rings. The van der Waals surface area contributed by atoms with E-state index in [2.05, 4.69) is 5.16 Å². The van der Waals surface area contributed by atoms with Crippen molar-refractivity contribution in [2.45, 2.75) is 38.5 Å². The molecule has 5 heteroatoms. The number of nitrogens with two attached hydrogens (primary N) is 1. The lowest BCUT2D eigenvalue weighted by molar-refractivity contribution is -0.171. The fourth-order valence-corrected chi connectivity index (χ4v) is 5.50. The molecule has 0 heterocycles. The van der Waals surface area contributed by atoms with Crippen LogP contribution < -0.4 is 5.73 Å².